The average molecular weight is 379 g/mol. The average Bonchev–Trinajstić information content (AvgIpc) is 2.69. The van der Waals surface area contributed by atoms with Gasteiger partial charge in [-0.25, -0.2) is 0 Å². The van der Waals surface area contributed by atoms with Gasteiger partial charge in [-0.2, -0.15) is 0 Å². The SMILES string of the molecule is CC(C)c1ccc(CCNC(=O)c2ccc(CN3CCC[C@@H](C)C3)cc2)cc1. The van der Waals surface area contributed by atoms with Crippen LogP contribution in [0.25, 0.3) is 0 Å². The topological polar surface area (TPSA) is 32.3 Å². The molecule has 1 aliphatic rings. The molecular weight excluding hydrogens is 344 g/mol. The first-order valence-electron chi connectivity index (χ1n) is 10.7. The summed E-state index contributed by atoms with van der Waals surface area (Å²) < 4.78 is 0. The second-order valence-corrected chi connectivity index (χ2v) is 8.58. The third-order valence-corrected chi connectivity index (χ3v) is 5.71. The fourth-order valence-electron chi connectivity index (χ4n) is 3.94. The molecule has 0 spiro atoms. The van der Waals surface area contributed by atoms with Crippen LogP contribution in [0.4, 0.5) is 0 Å². The van der Waals surface area contributed by atoms with E-state index in [1.54, 1.807) is 0 Å². The molecular formula is C25H34N2O. The van der Waals surface area contributed by atoms with Crippen molar-refractivity contribution in [2.24, 2.45) is 5.92 Å². The number of carbonyl (C=O) groups is 1. The van der Waals surface area contributed by atoms with Crippen LogP contribution < -0.4 is 5.32 Å². The van der Waals surface area contributed by atoms with E-state index in [0.29, 0.717) is 12.5 Å². The van der Waals surface area contributed by atoms with Crippen LogP contribution >= 0.6 is 0 Å². The molecule has 28 heavy (non-hydrogen) atoms. The van der Waals surface area contributed by atoms with Gasteiger partial charge in [-0.1, -0.05) is 57.2 Å². The van der Waals surface area contributed by atoms with E-state index in [0.717, 1.165) is 24.4 Å². The molecule has 0 bridgehead atoms. The third kappa shape index (κ3) is 5.93. The van der Waals surface area contributed by atoms with E-state index in [1.807, 2.05) is 12.1 Å². The Morgan fingerprint density at radius 3 is 2.39 bits per heavy atom. The summed E-state index contributed by atoms with van der Waals surface area (Å²) >= 11 is 0. The predicted octanol–water partition coefficient (Wildman–Crippen LogP) is 5.01. The highest BCUT2D eigenvalue weighted by molar-refractivity contribution is 5.94. The second kappa shape index (κ2) is 9.88. The fraction of sp³-hybridized carbons (Fsp3) is 0.480. The van der Waals surface area contributed by atoms with Gasteiger partial charge in [0.25, 0.3) is 5.91 Å². The van der Waals surface area contributed by atoms with E-state index in [2.05, 4.69) is 67.4 Å². The zero-order valence-electron chi connectivity index (χ0n) is 17.6. The maximum Gasteiger partial charge on any atom is 0.251 e. The molecule has 1 amide bonds. The standard InChI is InChI=1S/C25H34N2O/c1-19(2)23-10-6-21(7-11-23)14-15-26-25(28)24-12-8-22(9-13-24)18-27-16-4-5-20(3)17-27/h6-13,19-20H,4-5,14-18H2,1-3H3,(H,26,28)/t20-/m1/s1. The van der Waals surface area contributed by atoms with Gasteiger partial charge in [0.2, 0.25) is 0 Å². The highest BCUT2D eigenvalue weighted by Crippen LogP contribution is 2.18. The minimum absolute atomic E-state index is 0.0111. The minimum atomic E-state index is 0.0111. The van der Waals surface area contributed by atoms with Crippen LogP contribution in [-0.2, 0) is 13.0 Å². The smallest absolute Gasteiger partial charge is 0.251 e. The summed E-state index contributed by atoms with van der Waals surface area (Å²) in [5.41, 5.74) is 4.64. The van der Waals surface area contributed by atoms with Gasteiger partial charge in [-0.3, -0.25) is 9.69 Å². The normalized spacial score (nSPS) is 17.6. The predicted molar refractivity (Wildman–Crippen MR) is 117 cm³/mol. The third-order valence-electron chi connectivity index (χ3n) is 5.71. The maximum atomic E-state index is 12.4. The lowest BCUT2D eigenvalue weighted by Gasteiger charge is -2.30. The molecule has 0 aliphatic carbocycles. The van der Waals surface area contributed by atoms with Crippen molar-refractivity contribution in [1.82, 2.24) is 10.2 Å². The van der Waals surface area contributed by atoms with Crippen LogP contribution in [0.5, 0.6) is 0 Å². The summed E-state index contributed by atoms with van der Waals surface area (Å²) in [4.78, 5) is 14.9. The van der Waals surface area contributed by atoms with Crippen LogP contribution in [0.2, 0.25) is 0 Å². The van der Waals surface area contributed by atoms with Crippen molar-refractivity contribution >= 4 is 5.91 Å². The number of hydrogen-bond acceptors (Lipinski definition) is 2. The van der Waals surface area contributed by atoms with Crippen molar-refractivity contribution in [1.29, 1.82) is 0 Å². The first kappa shape index (κ1) is 20.6. The van der Waals surface area contributed by atoms with Crippen LogP contribution in [0.1, 0.15) is 66.6 Å². The first-order valence-corrected chi connectivity index (χ1v) is 10.7. The Bertz CT molecular complexity index is 749. The van der Waals surface area contributed by atoms with Crippen molar-refractivity contribution in [2.45, 2.75) is 52.5 Å². The number of amides is 1. The number of carbonyl (C=O) groups excluding carboxylic acids is 1. The van der Waals surface area contributed by atoms with Gasteiger partial charge in [0, 0.05) is 25.2 Å². The van der Waals surface area contributed by atoms with Crippen molar-refractivity contribution in [3.8, 4) is 0 Å². The Kier molecular flexibility index (Phi) is 7.27. The molecule has 1 saturated heterocycles. The van der Waals surface area contributed by atoms with Crippen molar-refractivity contribution in [3.05, 3.63) is 70.8 Å². The molecule has 0 unspecified atom stereocenters. The van der Waals surface area contributed by atoms with Crippen molar-refractivity contribution in [3.63, 3.8) is 0 Å². The zero-order valence-corrected chi connectivity index (χ0v) is 17.6. The molecule has 1 heterocycles. The van der Waals surface area contributed by atoms with Crippen LogP contribution in [-0.4, -0.2) is 30.4 Å². The van der Waals surface area contributed by atoms with Gasteiger partial charge in [0.05, 0.1) is 0 Å². The maximum absolute atomic E-state index is 12.4. The van der Waals surface area contributed by atoms with Gasteiger partial charge in [-0.15, -0.1) is 0 Å². The van der Waals surface area contributed by atoms with Crippen LogP contribution in [0.3, 0.4) is 0 Å². The summed E-state index contributed by atoms with van der Waals surface area (Å²) in [6.07, 6.45) is 3.49. The Labute approximate surface area is 170 Å². The Hall–Kier alpha value is -2.13. The van der Waals surface area contributed by atoms with E-state index in [4.69, 9.17) is 0 Å². The van der Waals surface area contributed by atoms with E-state index in [1.165, 1.54) is 42.6 Å². The van der Waals surface area contributed by atoms with Gasteiger partial charge < -0.3 is 5.32 Å². The molecule has 0 aromatic heterocycles. The van der Waals surface area contributed by atoms with Gasteiger partial charge in [-0.05, 0) is 66.5 Å². The molecule has 1 N–H and O–H groups in total. The number of rotatable bonds is 7. The van der Waals surface area contributed by atoms with Gasteiger partial charge >= 0.3 is 0 Å². The zero-order chi connectivity index (χ0) is 19.9. The van der Waals surface area contributed by atoms with E-state index in [-0.39, 0.29) is 5.91 Å². The van der Waals surface area contributed by atoms with Gasteiger partial charge in [0.15, 0.2) is 0 Å². The number of benzene rings is 2. The lowest BCUT2D eigenvalue weighted by Crippen LogP contribution is -2.33. The molecule has 1 atom stereocenters. The molecule has 3 rings (SSSR count). The Morgan fingerprint density at radius 1 is 1.07 bits per heavy atom. The fourth-order valence-corrected chi connectivity index (χ4v) is 3.94. The van der Waals surface area contributed by atoms with Gasteiger partial charge in [0.1, 0.15) is 0 Å². The molecule has 3 heteroatoms. The van der Waals surface area contributed by atoms with Crippen molar-refractivity contribution < 1.29 is 4.79 Å². The van der Waals surface area contributed by atoms with Crippen molar-refractivity contribution in [2.75, 3.05) is 19.6 Å². The number of nitrogens with zero attached hydrogens (tertiary/aromatic N) is 1. The molecule has 1 fully saturated rings. The lowest BCUT2D eigenvalue weighted by atomic mass is 9.99. The summed E-state index contributed by atoms with van der Waals surface area (Å²) in [5.74, 6) is 1.35. The van der Waals surface area contributed by atoms with E-state index < -0.39 is 0 Å². The molecule has 0 radical (unpaired) electrons. The quantitative estimate of drug-likeness (QED) is 0.734. The lowest BCUT2D eigenvalue weighted by molar-refractivity contribution is 0.0954. The van der Waals surface area contributed by atoms with Crippen LogP contribution in [0, 0.1) is 5.92 Å². The summed E-state index contributed by atoms with van der Waals surface area (Å²) in [6, 6.07) is 16.8. The largest absolute Gasteiger partial charge is 0.352 e. The Balaban J connectivity index is 1.45. The first-order chi connectivity index (χ1) is 13.5. The summed E-state index contributed by atoms with van der Waals surface area (Å²) in [7, 11) is 0. The summed E-state index contributed by atoms with van der Waals surface area (Å²) in [6.45, 7) is 10.7. The monoisotopic (exact) mass is 378 g/mol. The Morgan fingerprint density at radius 2 is 1.75 bits per heavy atom. The number of likely N-dealkylation sites (tertiary alicyclic amines) is 1. The molecule has 3 nitrogen and oxygen atoms in total. The highest BCUT2D eigenvalue weighted by atomic mass is 16.1. The molecule has 2 aromatic carbocycles. The second-order valence-electron chi connectivity index (χ2n) is 8.58. The van der Waals surface area contributed by atoms with Crippen LogP contribution in [0.15, 0.2) is 48.5 Å². The highest BCUT2D eigenvalue weighted by Gasteiger charge is 2.16. The molecule has 1 aliphatic heterocycles. The minimum Gasteiger partial charge on any atom is -0.352 e. The summed E-state index contributed by atoms with van der Waals surface area (Å²) in [5, 5.41) is 3.04. The molecule has 0 saturated carbocycles. The van der Waals surface area contributed by atoms with E-state index >= 15 is 0 Å². The molecule has 2 aromatic rings. The number of hydrogen-bond donors (Lipinski definition) is 1. The number of piperidine rings is 1. The molecule has 150 valence electrons. The number of nitrogens with one attached hydrogen (secondary N) is 1. The van der Waals surface area contributed by atoms with E-state index in [9.17, 15) is 4.79 Å².